The van der Waals surface area contributed by atoms with Crippen molar-refractivity contribution in [1.82, 2.24) is 5.43 Å². The summed E-state index contributed by atoms with van der Waals surface area (Å²) in [4.78, 5) is 24.2. The molecular formula is C23H21ClN4O2. The maximum absolute atomic E-state index is 12.2. The lowest BCUT2D eigenvalue weighted by Gasteiger charge is -2.09. The van der Waals surface area contributed by atoms with Gasteiger partial charge in [-0.1, -0.05) is 29.8 Å². The van der Waals surface area contributed by atoms with Crippen LogP contribution in [-0.2, 0) is 4.79 Å². The summed E-state index contributed by atoms with van der Waals surface area (Å²) in [7, 11) is 0. The Hall–Kier alpha value is -3.64. The first-order valence-corrected chi connectivity index (χ1v) is 9.68. The Balaban J connectivity index is 1.48. The first-order chi connectivity index (χ1) is 14.5. The van der Waals surface area contributed by atoms with Crippen LogP contribution in [0.15, 0.2) is 84.0 Å². The van der Waals surface area contributed by atoms with Crippen LogP contribution in [0.2, 0.25) is 5.02 Å². The molecule has 0 bridgehead atoms. The number of nitrogens with zero attached hydrogens (tertiary/aromatic N) is 1. The van der Waals surface area contributed by atoms with Crippen molar-refractivity contribution in [3.05, 3.63) is 89.4 Å². The van der Waals surface area contributed by atoms with Gasteiger partial charge in [-0.15, -0.1) is 0 Å². The van der Waals surface area contributed by atoms with Crippen LogP contribution in [0.3, 0.4) is 0 Å². The van der Waals surface area contributed by atoms with Crippen LogP contribution in [0.4, 0.5) is 17.1 Å². The summed E-state index contributed by atoms with van der Waals surface area (Å²) in [5, 5.41) is 10.6. The number of rotatable bonds is 7. The number of carbonyl (C=O) groups excluding carboxylic acids is 2. The maximum atomic E-state index is 12.2. The van der Waals surface area contributed by atoms with Crippen LogP contribution in [0, 0.1) is 0 Å². The molecule has 152 valence electrons. The fourth-order valence-corrected chi connectivity index (χ4v) is 2.74. The lowest BCUT2D eigenvalue weighted by atomic mass is 10.2. The quantitative estimate of drug-likeness (QED) is 0.362. The van der Waals surface area contributed by atoms with Gasteiger partial charge in [0.2, 0.25) is 5.91 Å². The van der Waals surface area contributed by atoms with Gasteiger partial charge in [0.1, 0.15) is 0 Å². The lowest BCUT2D eigenvalue weighted by Crippen LogP contribution is -2.21. The van der Waals surface area contributed by atoms with Crippen molar-refractivity contribution in [1.29, 1.82) is 0 Å². The monoisotopic (exact) mass is 420 g/mol. The summed E-state index contributed by atoms with van der Waals surface area (Å²) in [5.74, 6) is -0.589. The molecule has 6 nitrogen and oxygen atoms in total. The van der Waals surface area contributed by atoms with Gasteiger partial charge in [-0.05, 0) is 67.6 Å². The van der Waals surface area contributed by atoms with E-state index in [1.807, 2.05) is 54.6 Å². The first-order valence-electron chi connectivity index (χ1n) is 9.30. The second kappa shape index (κ2) is 10.2. The molecule has 0 saturated carbocycles. The van der Waals surface area contributed by atoms with E-state index in [1.54, 1.807) is 31.2 Å². The molecule has 0 aliphatic rings. The van der Waals surface area contributed by atoms with Gasteiger partial charge in [-0.2, -0.15) is 5.10 Å². The molecule has 0 aromatic heterocycles. The number of nitrogens with one attached hydrogen (secondary N) is 3. The highest BCUT2D eigenvalue weighted by Crippen LogP contribution is 2.18. The number of hydrazone groups is 1. The average molecular weight is 421 g/mol. The molecule has 0 fully saturated rings. The molecule has 2 amide bonds. The van der Waals surface area contributed by atoms with Crippen LogP contribution < -0.4 is 16.1 Å². The Bertz CT molecular complexity index is 1030. The van der Waals surface area contributed by atoms with Crippen LogP contribution in [0.25, 0.3) is 0 Å². The molecule has 0 aliphatic carbocycles. The summed E-state index contributed by atoms with van der Waals surface area (Å²) in [5.41, 5.74) is 5.94. The van der Waals surface area contributed by atoms with Crippen molar-refractivity contribution in [3.8, 4) is 0 Å². The molecule has 0 spiro atoms. The summed E-state index contributed by atoms with van der Waals surface area (Å²) in [6, 6.07) is 23.7. The van der Waals surface area contributed by atoms with Gasteiger partial charge in [0.25, 0.3) is 5.91 Å². The fourth-order valence-electron chi connectivity index (χ4n) is 2.61. The van der Waals surface area contributed by atoms with E-state index in [1.165, 1.54) is 0 Å². The summed E-state index contributed by atoms with van der Waals surface area (Å²) < 4.78 is 0. The third kappa shape index (κ3) is 6.46. The van der Waals surface area contributed by atoms with Gasteiger partial charge in [-0.3, -0.25) is 9.59 Å². The normalized spacial score (nSPS) is 10.9. The van der Waals surface area contributed by atoms with Crippen LogP contribution in [0.5, 0.6) is 0 Å². The molecular weight excluding hydrogens is 400 g/mol. The predicted molar refractivity (Wildman–Crippen MR) is 121 cm³/mol. The van der Waals surface area contributed by atoms with Gasteiger partial charge in [0.15, 0.2) is 0 Å². The van der Waals surface area contributed by atoms with Crippen molar-refractivity contribution >= 4 is 46.2 Å². The number of halogens is 1. The number of carbonyl (C=O) groups is 2. The topological polar surface area (TPSA) is 82.6 Å². The number of benzene rings is 3. The molecule has 0 radical (unpaired) electrons. The number of para-hydroxylation sites is 1. The zero-order chi connectivity index (χ0) is 21.3. The fraction of sp³-hybridized carbons (Fsp3) is 0.0870. The molecule has 0 heterocycles. The summed E-state index contributed by atoms with van der Waals surface area (Å²) in [6.45, 7) is 1.68. The van der Waals surface area contributed by atoms with E-state index in [-0.39, 0.29) is 18.2 Å². The zero-order valence-corrected chi connectivity index (χ0v) is 17.1. The minimum absolute atomic E-state index is 0.0604. The van der Waals surface area contributed by atoms with Crippen molar-refractivity contribution < 1.29 is 9.59 Å². The highest BCUT2D eigenvalue weighted by Gasteiger charge is 2.07. The van der Waals surface area contributed by atoms with E-state index in [4.69, 9.17) is 11.6 Å². The molecule has 0 aliphatic heterocycles. The van der Waals surface area contributed by atoms with Gasteiger partial charge in [0.05, 0.1) is 6.42 Å². The Morgan fingerprint density at radius 2 is 1.43 bits per heavy atom. The van der Waals surface area contributed by atoms with E-state index in [9.17, 15) is 9.59 Å². The number of anilines is 3. The SMILES string of the molecule is C/C(CC(=O)Nc1ccc(Nc2ccccc2)cc1)=N/NC(=O)c1ccc(Cl)cc1. The Morgan fingerprint density at radius 3 is 2.10 bits per heavy atom. The summed E-state index contributed by atoms with van der Waals surface area (Å²) in [6.07, 6.45) is 0.0604. The van der Waals surface area contributed by atoms with Crippen molar-refractivity contribution in [3.63, 3.8) is 0 Å². The van der Waals surface area contributed by atoms with Crippen LogP contribution in [-0.4, -0.2) is 17.5 Å². The van der Waals surface area contributed by atoms with E-state index < -0.39 is 0 Å². The van der Waals surface area contributed by atoms with E-state index >= 15 is 0 Å². The second-order valence-corrected chi connectivity index (χ2v) is 7.02. The third-order valence-electron chi connectivity index (χ3n) is 4.10. The lowest BCUT2D eigenvalue weighted by molar-refractivity contribution is -0.115. The standard InChI is InChI=1S/C23H21ClN4O2/c1-16(27-28-23(30)17-7-9-18(24)10-8-17)15-22(29)26-21-13-11-20(12-14-21)25-19-5-3-2-4-6-19/h2-14,25H,15H2,1H3,(H,26,29)(H,28,30)/b27-16-. The Morgan fingerprint density at radius 1 is 0.833 bits per heavy atom. The minimum Gasteiger partial charge on any atom is -0.356 e. The van der Waals surface area contributed by atoms with Crippen molar-refractivity contribution in [2.75, 3.05) is 10.6 Å². The molecule has 3 aromatic carbocycles. The maximum Gasteiger partial charge on any atom is 0.271 e. The summed E-state index contributed by atoms with van der Waals surface area (Å²) >= 11 is 5.81. The zero-order valence-electron chi connectivity index (χ0n) is 16.4. The van der Waals surface area contributed by atoms with Gasteiger partial charge in [0, 0.05) is 33.4 Å². The largest absolute Gasteiger partial charge is 0.356 e. The highest BCUT2D eigenvalue weighted by atomic mass is 35.5. The molecule has 3 N–H and O–H groups in total. The smallest absolute Gasteiger partial charge is 0.271 e. The molecule has 0 atom stereocenters. The first kappa shape index (κ1) is 21.1. The number of hydrogen-bond acceptors (Lipinski definition) is 4. The molecule has 3 rings (SSSR count). The van der Waals surface area contributed by atoms with Gasteiger partial charge < -0.3 is 10.6 Å². The van der Waals surface area contributed by atoms with E-state index in [0.29, 0.717) is 22.0 Å². The predicted octanol–water partition coefficient (Wildman–Crippen LogP) is 5.22. The van der Waals surface area contributed by atoms with Crippen LogP contribution in [0.1, 0.15) is 23.7 Å². The average Bonchev–Trinajstić information content (AvgIpc) is 2.74. The van der Waals surface area contributed by atoms with Gasteiger partial charge >= 0.3 is 0 Å². The van der Waals surface area contributed by atoms with Crippen molar-refractivity contribution in [2.24, 2.45) is 5.10 Å². The molecule has 3 aromatic rings. The second-order valence-electron chi connectivity index (χ2n) is 6.59. The molecule has 7 heteroatoms. The minimum atomic E-state index is -0.368. The van der Waals surface area contributed by atoms with E-state index in [0.717, 1.165) is 11.4 Å². The third-order valence-corrected chi connectivity index (χ3v) is 4.35. The molecule has 30 heavy (non-hydrogen) atoms. The molecule has 0 saturated heterocycles. The number of hydrogen-bond donors (Lipinski definition) is 3. The Labute approximate surface area is 180 Å². The highest BCUT2D eigenvalue weighted by molar-refractivity contribution is 6.30. The van der Waals surface area contributed by atoms with Crippen molar-refractivity contribution in [2.45, 2.75) is 13.3 Å². The van der Waals surface area contributed by atoms with E-state index in [2.05, 4.69) is 21.2 Å². The van der Waals surface area contributed by atoms with Gasteiger partial charge in [-0.25, -0.2) is 5.43 Å². The molecule has 0 unspecified atom stereocenters. The Kier molecular flexibility index (Phi) is 7.19. The van der Waals surface area contributed by atoms with Crippen LogP contribution >= 0.6 is 11.6 Å². The number of amides is 2.